The Labute approximate surface area is 170 Å². The number of hydrogen-bond donors (Lipinski definition) is 4. The van der Waals surface area contributed by atoms with Crippen molar-refractivity contribution in [2.75, 3.05) is 10.0 Å². The Morgan fingerprint density at radius 3 is 2.64 bits per heavy atom. The van der Waals surface area contributed by atoms with Crippen LogP contribution in [-0.4, -0.2) is 27.7 Å². The van der Waals surface area contributed by atoms with E-state index in [1.54, 1.807) is 17.8 Å². The molecule has 0 saturated heterocycles. The van der Waals surface area contributed by atoms with Crippen LogP contribution < -0.4 is 14.8 Å². The monoisotopic (exact) mass is 430 g/mol. The lowest BCUT2D eigenvalue weighted by molar-refractivity contribution is 0.101. The van der Waals surface area contributed by atoms with Crippen LogP contribution in [0.15, 0.2) is 24.4 Å². The maximum absolute atomic E-state index is 13.3. The van der Waals surface area contributed by atoms with Gasteiger partial charge in [-0.1, -0.05) is 11.6 Å². The van der Waals surface area contributed by atoms with Gasteiger partial charge in [-0.3, -0.25) is 4.79 Å². The van der Waals surface area contributed by atoms with Gasteiger partial charge in [0, 0.05) is 43.2 Å². The molecule has 3 rings (SSSR count). The highest BCUT2D eigenvalue weighted by Gasteiger charge is 2.21. The Morgan fingerprint density at radius 1 is 1.25 bits per heavy atom. The lowest BCUT2D eigenvalue weighted by atomic mass is 9.94. The second-order valence-electron chi connectivity index (χ2n) is 6.73. The second kappa shape index (κ2) is 9.13. The minimum atomic E-state index is -1.05. The maximum Gasteiger partial charge on any atom is 0.273 e. The zero-order valence-electron chi connectivity index (χ0n) is 15.1. The predicted molar refractivity (Wildman–Crippen MR) is 107 cm³/mol. The fraction of sp³-hybridized carbons (Fsp3) is 0.389. The van der Waals surface area contributed by atoms with Crippen molar-refractivity contribution >= 4 is 41.0 Å². The summed E-state index contributed by atoms with van der Waals surface area (Å²) < 4.78 is 34.2. The van der Waals surface area contributed by atoms with E-state index in [0.29, 0.717) is 11.7 Å². The largest absolute Gasteiger partial charge is 0.393 e. The summed E-state index contributed by atoms with van der Waals surface area (Å²) in [5.74, 6) is -2.57. The third kappa shape index (κ3) is 4.96. The highest BCUT2D eigenvalue weighted by atomic mass is 35.5. The first kappa shape index (κ1) is 20.9. The average molecular weight is 431 g/mol. The number of nitrogens with one attached hydrogen (secondary N) is 3. The first-order valence-electron chi connectivity index (χ1n) is 8.81. The number of benzene rings is 1. The molecular weight excluding hydrogens is 410 g/mol. The molecule has 4 N–H and O–H groups in total. The van der Waals surface area contributed by atoms with Gasteiger partial charge in [0.25, 0.3) is 5.91 Å². The second-order valence-corrected chi connectivity index (χ2v) is 7.75. The zero-order chi connectivity index (χ0) is 20.3. The number of carbonyl (C=O) groups is 1. The van der Waals surface area contributed by atoms with Gasteiger partial charge >= 0.3 is 0 Å². The van der Waals surface area contributed by atoms with Crippen molar-refractivity contribution < 1.29 is 18.7 Å². The van der Waals surface area contributed by atoms with Crippen LogP contribution in [0.5, 0.6) is 0 Å². The fourth-order valence-electron chi connectivity index (χ4n) is 3.05. The number of carbonyl (C=O) groups excluding carboxylic acids is 1. The van der Waals surface area contributed by atoms with Crippen LogP contribution >= 0.6 is 23.7 Å². The summed E-state index contributed by atoms with van der Waals surface area (Å²) in [7, 11) is 1.66. The number of aromatic nitrogens is 1. The van der Waals surface area contributed by atoms with Crippen molar-refractivity contribution in [2.24, 2.45) is 7.05 Å². The minimum absolute atomic E-state index is 0.131. The van der Waals surface area contributed by atoms with E-state index < -0.39 is 17.5 Å². The number of hydrogen-bond acceptors (Lipinski definition) is 5. The number of aliphatic hydroxyl groups is 1. The standard InChI is InChI=1S/C18H21ClF2N4O2S/c1-25-9-15(24-28-23-10-2-5-12(26)6-3-10)16(19)17(25)18(27)22-11-4-7-13(20)14(21)8-11/h4,7-10,12,23-24,26H,2-3,5-6H2,1H3,(H,22,27). The van der Waals surface area contributed by atoms with Gasteiger partial charge in [0.05, 0.1) is 16.8 Å². The summed E-state index contributed by atoms with van der Waals surface area (Å²) in [6, 6.07) is 3.41. The average Bonchev–Trinajstić information content (AvgIpc) is 2.93. The molecule has 152 valence electrons. The lowest BCUT2D eigenvalue weighted by Crippen LogP contribution is -2.31. The van der Waals surface area contributed by atoms with Crippen molar-refractivity contribution in [1.82, 2.24) is 9.29 Å². The molecule has 6 nitrogen and oxygen atoms in total. The zero-order valence-corrected chi connectivity index (χ0v) is 16.7. The number of anilines is 2. The molecule has 1 heterocycles. The molecule has 0 spiro atoms. The molecule has 1 amide bonds. The van der Waals surface area contributed by atoms with Crippen LogP contribution in [0.3, 0.4) is 0 Å². The normalized spacial score (nSPS) is 19.5. The smallest absolute Gasteiger partial charge is 0.273 e. The molecule has 0 aliphatic heterocycles. The number of rotatable bonds is 6. The number of aliphatic hydroxyl groups excluding tert-OH is 1. The quantitative estimate of drug-likeness (QED) is 0.519. The topological polar surface area (TPSA) is 78.3 Å². The number of halogens is 3. The summed E-state index contributed by atoms with van der Waals surface area (Å²) in [5.41, 5.74) is 0.870. The van der Waals surface area contributed by atoms with Crippen molar-refractivity contribution in [3.63, 3.8) is 0 Å². The van der Waals surface area contributed by atoms with Crippen LogP contribution in [0.4, 0.5) is 20.2 Å². The molecule has 1 aliphatic carbocycles. The van der Waals surface area contributed by atoms with Gasteiger partial charge in [-0.2, -0.15) is 0 Å². The van der Waals surface area contributed by atoms with E-state index in [1.165, 1.54) is 18.2 Å². The third-order valence-electron chi connectivity index (χ3n) is 4.60. The molecule has 2 aromatic rings. The summed E-state index contributed by atoms with van der Waals surface area (Å²) in [5, 5.41) is 12.3. The fourth-order valence-corrected chi connectivity index (χ4v) is 4.15. The molecule has 0 bridgehead atoms. The van der Waals surface area contributed by atoms with Gasteiger partial charge in [-0.05, 0) is 37.8 Å². The van der Waals surface area contributed by atoms with Gasteiger partial charge in [-0.15, -0.1) is 0 Å². The highest BCUT2D eigenvalue weighted by molar-refractivity contribution is 7.98. The summed E-state index contributed by atoms with van der Waals surface area (Å²) in [6.07, 6.45) is 4.79. The van der Waals surface area contributed by atoms with Crippen molar-refractivity contribution in [3.8, 4) is 0 Å². The van der Waals surface area contributed by atoms with E-state index in [1.807, 2.05) is 0 Å². The van der Waals surface area contributed by atoms with Crippen molar-refractivity contribution in [2.45, 2.75) is 37.8 Å². The van der Waals surface area contributed by atoms with E-state index in [2.05, 4.69) is 14.8 Å². The van der Waals surface area contributed by atoms with E-state index in [-0.39, 0.29) is 22.5 Å². The predicted octanol–water partition coefficient (Wildman–Crippen LogP) is 4.08. The van der Waals surface area contributed by atoms with E-state index in [0.717, 1.165) is 37.8 Å². The SMILES string of the molecule is Cn1cc(NSNC2CCC(O)CC2)c(Cl)c1C(=O)Nc1ccc(F)c(F)c1. The Balaban J connectivity index is 1.60. The van der Waals surface area contributed by atoms with Crippen molar-refractivity contribution in [3.05, 3.63) is 46.7 Å². The molecule has 0 unspecified atom stereocenters. The molecule has 1 aromatic carbocycles. The van der Waals surface area contributed by atoms with Gasteiger partial charge in [0.15, 0.2) is 11.6 Å². The molecular formula is C18H21ClF2N4O2S. The highest BCUT2D eigenvalue weighted by Crippen LogP contribution is 2.30. The van der Waals surface area contributed by atoms with Crippen molar-refractivity contribution in [1.29, 1.82) is 0 Å². The maximum atomic E-state index is 13.3. The molecule has 0 radical (unpaired) electrons. The molecule has 1 fully saturated rings. The Kier molecular flexibility index (Phi) is 6.82. The molecule has 28 heavy (non-hydrogen) atoms. The first-order valence-corrected chi connectivity index (χ1v) is 10.0. The Bertz CT molecular complexity index is 856. The van der Waals surface area contributed by atoms with E-state index >= 15 is 0 Å². The van der Waals surface area contributed by atoms with E-state index in [9.17, 15) is 18.7 Å². The molecule has 0 atom stereocenters. The van der Waals surface area contributed by atoms with Crippen LogP contribution in [0.25, 0.3) is 0 Å². The summed E-state index contributed by atoms with van der Waals surface area (Å²) in [4.78, 5) is 12.5. The Morgan fingerprint density at radius 2 is 1.96 bits per heavy atom. The van der Waals surface area contributed by atoms with Crippen LogP contribution in [0, 0.1) is 11.6 Å². The Hall–Kier alpha value is -1.81. The molecule has 10 heteroatoms. The first-order chi connectivity index (χ1) is 13.3. The number of amides is 1. The third-order valence-corrected chi connectivity index (χ3v) is 5.75. The lowest BCUT2D eigenvalue weighted by Gasteiger charge is -2.25. The van der Waals surface area contributed by atoms with E-state index in [4.69, 9.17) is 11.6 Å². The molecule has 1 saturated carbocycles. The summed E-state index contributed by atoms with van der Waals surface area (Å²) >= 11 is 7.60. The van der Waals surface area contributed by atoms with Crippen LogP contribution in [0.1, 0.15) is 36.2 Å². The van der Waals surface area contributed by atoms with Crippen LogP contribution in [-0.2, 0) is 7.05 Å². The van der Waals surface area contributed by atoms with Crippen LogP contribution in [0.2, 0.25) is 5.02 Å². The molecule has 1 aliphatic rings. The van der Waals surface area contributed by atoms with Gasteiger partial charge in [0.1, 0.15) is 5.69 Å². The number of aryl methyl sites for hydroxylation is 1. The molecule has 1 aromatic heterocycles. The van der Waals surface area contributed by atoms with Gasteiger partial charge in [0.2, 0.25) is 0 Å². The minimum Gasteiger partial charge on any atom is -0.393 e. The summed E-state index contributed by atoms with van der Waals surface area (Å²) in [6.45, 7) is 0. The van der Waals surface area contributed by atoms with Gasteiger partial charge in [-0.25, -0.2) is 13.5 Å². The number of nitrogens with zero attached hydrogens (tertiary/aromatic N) is 1. The van der Waals surface area contributed by atoms with Gasteiger partial charge < -0.3 is 19.7 Å².